The number of aliphatic imine (C=N–C) groups is 1. The highest BCUT2D eigenvalue weighted by Crippen LogP contribution is 1.99. The zero-order valence-corrected chi connectivity index (χ0v) is 14.0. The van der Waals surface area contributed by atoms with Crippen LogP contribution in [0.2, 0.25) is 0 Å². The highest BCUT2D eigenvalue weighted by Gasteiger charge is 2.01. The Hall–Kier alpha value is -1.83. The molecule has 1 aromatic rings. The fourth-order valence-corrected chi connectivity index (χ4v) is 1.89. The third-order valence-corrected chi connectivity index (χ3v) is 3.01. The van der Waals surface area contributed by atoms with Gasteiger partial charge in [-0.3, -0.25) is 14.8 Å². The van der Waals surface area contributed by atoms with Crippen molar-refractivity contribution in [2.45, 2.75) is 13.0 Å². The van der Waals surface area contributed by atoms with Crippen molar-refractivity contribution in [1.29, 1.82) is 0 Å². The molecular formula is C16H27N5O2. The molecule has 0 saturated heterocycles. The number of aromatic nitrogens is 1. The van der Waals surface area contributed by atoms with Gasteiger partial charge >= 0.3 is 0 Å². The molecule has 0 aliphatic rings. The third kappa shape index (κ3) is 9.72. The van der Waals surface area contributed by atoms with Gasteiger partial charge in [0.05, 0.1) is 25.4 Å². The summed E-state index contributed by atoms with van der Waals surface area (Å²) in [7, 11) is 4.03. The van der Waals surface area contributed by atoms with E-state index in [1.54, 1.807) is 12.4 Å². The molecule has 7 heteroatoms. The quantitative estimate of drug-likeness (QED) is 0.383. The molecule has 23 heavy (non-hydrogen) atoms. The van der Waals surface area contributed by atoms with Crippen LogP contribution in [0.3, 0.4) is 0 Å². The smallest absolute Gasteiger partial charge is 0.233 e. The SMILES string of the molecule is CN(C)CCCNC(=O)CNCc1cc(C=NCCO)ccn1. The van der Waals surface area contributed by atoms with E-state index < -0.39 is 0 Å². The molecule has 0 aliphatic heterocycles. The Balaban J connectivity index is 2.24. The minimum Gasteiger partial charge on any atom is -0.394 e. The van der Waals surface area contributed by atoms with Crippen LogP contribution < -0.4 is 10.6 Å². The number of pyridine rings is 1. The lowest BCUT2D eigenvalue weighted by Crippen LogP contribution is -2.35. The van der Waals surface area contributed by atoms with E-state index >= 15 is 0 Å². The van der Waals surface area contributed by atoms with Gasteiger partial charge in [-0.25, -0.2) is 0 Å². The first-order valence-corrected chi connectivity index (χ1v) is 7.79. The Labute approximate surface area is 137 Å². The first-order chi connectivity index (χ1) is 11.1. The minimum atomic E-state index is -0.00980. The molecule has 1 rings (SSSR count). The average molecular weight is 321 g/mol. The Morgan fingerprint density at radius 1 is 1.48 bits per heavy atom. The van der Waals surface area contributed by atoms with Gasteiger partial charge in [0.25, 0.3) is 0 Å². The second kappa shape index (κ2) is 11.7. The maximum absolute atomic E-state index is 11.7. The molecule has 1 amide bonds. The summed E-state index contributed by atoms with van der Waals surface area (Å²) in [5.41, 5.74) is 1.77. The van der Waals surface area contributed by atoms with Gasteiger partial charge in [0.2, 0.25) is 5.91 Å². The zero-order chi connectivity index (χ0) is 16.9. The van der Waals surface area contributed by atoms with Crippen molar-refractivity contribution < 1.29 is 9.90 Å². The van der Waals surface area contributed by atoms with Crippen LogP contribution in [-0.2, 0) is 11.3 Å². The molecule has 0 bridgehead atoms. The summed E-state index contributed by atoms with van der Waals surface area (Å²) in [4.78, 5) is 22.1. The van der Waals surface area contributed by atoms with Crippen molar-refractivity contribution in [1.82, 2.24) is 20.5 Å². The number of hydrogen-bond acceptors (Lipinski definition) is 6. The van der Waals surface area contributed by atoms with E-state index in [1.165, 1.54) is 0 Å². The molecule has 0 aromatic carbocycles. The molecule has 3 N–H and O–H groups in total. The molecule has 0 aliphatic carbocycles. The maximum Gasteiger partial charge on any atom is 0.233 e. The van der Waals surface area contributed by atoms with Crippen molar-refractivity contribution in [3.05, 3.63) is 29.6 Å². The highest BCUT2D eigenvalue weighted by atomic mass is 16.3. The first kappa shape index (κ1) is 19.2. The number of hydrogen-bond donors (Lipinski definition) is 3. The van der Waals surface area contributed by atoms with Crippen LogP contribution in [0.1, 0.15) is 17.7 Å². The monoisotopic (exact) mass is 321 g/mol. The number of nitrogens with zero attached hydrogens (tertiary/aromatic N) is 3. The van der Waals surface area contributed by atoms with Crippen LogP contribution in [0.15, 0.2) is 23.3 Å². The summed E-state index contributed by atoms with van der Waals surface area (Å²) in [6.45, 7) is 2.87. The van der Waals surface area contributed by atoms with Gasteiger partial charge in [0.15, 0.2) is 0 Å². The fourth-order valence-electron chi connectivity index (χ4n) is 1.89. The van der Waals surface area contributed by atoms with E-state index in [1.807, 2.05) is 26.2 Å². The summed E-state index contributed by atoms with van der Waals surface area (Å²) in [5.74, 6) is -0.00980. The molecule has 128 valence electrons. The van der Waals surface area contributed by atoms with Gasteiger partial charge < -0.3 is 20.6 Å². The number of aliphatic hydroxyl groups is 1. The largest absolute Gasteiger partial charge is 0.394 e. The van der Waals surface area contributed by atoms with Crippen molar-refractivity contribution >= 4 is 12.1 Å². The van der Waals surface area contributed by atoms with Gasteiger partial charge in [-0.15, -0.1) is 0 Å². The Kier molecular flexibility index (Phi) is 9.78. The predicted molar refractivity (Wildman–Crippen MR) is 91.7 cm³/mol. The van der Waals surface area contributed by atoms with E-state index in [0.29, 0.717) is 19.6 Å². The van der Waals surface area contributed by atoms with Gasteiger partial charge in [-0.2, -0.15) is 0 Å². The molecule has 0 saturated carbocycles. The van der Waals surface area contributed by atoms with Gasteiger partial charge in [0.1, 0.15) is 0 Å². The van der Waals surface area contributed by atoms with E-state index in [4.69, 9.17) is 5.11 Å². The van der Waals surface area contributed by atoms with Crippen LogP contribution in [0.5, 0.6) is 0 Å². The van der Waals surface area contributed by atoms with Gasteiger partial charge in [-0.1, -0.05) is 0 Å². The summed E-state index contributed by atoms with van der Waals surface area (Å²) in [5, 5.41) is 14.6. The number of rotatable bonds is 11. The van der Waals surface area contributed by atoms with Crippen LogP contribution in [0.4, 0.5) is 0 Å². The van der Waals surface area contributed by atoms with Crippen LogP contribution in [0, 0.1) is 0 Å². The summed E-state index contributed by atoms with van der Waals surface area (Å²) in [6, 6.07) is 3.75. The van der Waals surface area contributed by atoms with Crippen molar-refractivity contribution in [3.8, 4) is 0 Å². The predicted octanol–water partition coefficient (Wildman–Crippen LogP) is -0.350. The molecule has 0 fully saturated rings. The fraction of sp³-hybridized carbons (Fsp3) is 0.562. The number of carbonyl (C=O) groups is 1. The van der Waals surface area contributed by atoms with Crippen molar-refractivity contribution in [3.63, 3.8) is 0 Å². The van der Waals surface area contributed by atoms with Crippen LogP contribution >= 0.6 is 0 Å². The molecule has 0 atom stereocenters. The summed E-state index contributed by atoms with van der Waals surface area (Å²) >= 11 is 0. The lowest BCUT2D eigenvalue weighted by atomic mass is 10.2. The Bertz CT molecular complexity index is 491. The topological polar surface area (TPSA) is 89.9 Å². The van der Waals surface area contributed by atoms with E-state index in [-0.39, 0.29) is 19.1 Å². The van der Waals surface area contributed by atoms with Crippen LogP contribution in [0.25, 0.3) is 0 Å². The summed E-state index contributed by atoms with van der Waals surface area (Å²) in [6.07, 6.45) is 4.35. The molecule has 0 radical (unpaired) electrons. The van der Waals surface area contributed by atoms with E-state index in [9.17, 15) is 4.79 Å². The maximum atomic E-state index is 11.7. The third-order valence-electron chi connectivity index (χ3n) is 3.01. The van der Waals surface area contributed by atoms with Crippen molar-refractivity contribution in [2.75, 3.05) is 46.9 Å². The normalized spacial score (nSPS) is 11.3. The summed E-state index contributed by atoms with van der Waals surface area (Å²) < 4.78 is 0. The van der Waals surface area contributed by atoms with Gasteiger partial charge in [-0.05, 0) is 44.8 Å². The van der Waals surface area contributed by atoms with Crippen LogP contribution in [-0.4, -0.2) is 74.0 Å². The molecule has 7 nitrogen and oxygen atoms in total. The second-order valence-electron chi connectivity index (χ2n) is 5.45. The molecule has 0 spiro atoms. The molecular weight excluding hydrogens is 294 g/mol. The first-order valence-electron chi connectivity index (χ1n) is 7.79. The minimum absolute atomic E-state index is 0.00980. The van der Waals surface area contributed by atoms with Crippen molar-refractivity contribution in [2.24, 2.45) is 4.99 Å². The number of carbonyl (C=O) groups excluding carboxylic acids is 1. The standard InChI is InChI=1S/C16H27N5O2/c1-21(2)8-3-5-20-16(23)13-18-12-15-10-14(4-6-19-15)11-17-7-9-22/h4,6,10-11,18,22H,3,5,7-9,12-13H2,1-2H3,(H,20,23). The lowest BCUT2D eigenvalue weighted by Gasteiger charge is -2.10. The average Bonchev–Trinajstić information content (AvgIpc) is 2.52. The zero-order valence-electron chi connectivity index (χ0n) is 14.0. The Morgan fingerprint density at radius 2 is 2.30 bits per heavy atom. The number of amides is 1. The molecule has 0 unspecified atom stereocenters. The number of aliphatic hydroxyl groups excluding tert-OH is 1. The molecule has 1 aromatic heterocycles. The lowest BCUT2D eigenvalue weighted by molar-refractivity contribution is -0.120. The number of nitrogens with one attached hydrogen (secondary N) is 2. The van der Waals surface area contributed by atoms with E-state index in [0.717, 1.165) is 24.2 Å². The van der Waals surface area contributed by atoms with Gasteiger partial charge in [0, 0.05) is 25.5 Å². The second-order valence-corrected chi connectivity index (χ2v) is 5.45. The highest BCUT2D eigenvalue weighted by molar-refractivity contribution is 5.79. The Morgan fingerprint density at radius 3 is 3.04 bits per heavy atom. The van der Waals surface area contributed by atoms with E-state index in [2.05, 4.69) is 25.5 Å². The molecule has 1 heterocycles.